The van der Waals surface area contributed by atoms with E-state index in [-0.39, 0.29) is 30.9 Å². The number of aliphatic hydroxyl groups is 1. The van der Waals surface area contributed by atoms with Crippen molar-refractivity contribution < 1.29 is 24.2 Å². The average Bonchev–Trinajstić information content (AvgIpc) is 3.05. The maximum atomic E-state index is 11.7. The first kappa shape index (κ1) is 31.0. The van der Waals surface area contributed by atoms with Gasteiger partial charge in [-0.15, -0.1) is 0 Å². The van der Waals surface area contributed by atoms with Gasteiger partial charge in [-0.05, 0) is 91.9 Å². The van der Waals surface area contributed by atoms with Crippen LogP contribution in [0.15, 0.2) is 0 Å². The number of alkyl halides is 1. The fourth-order valence-electron chi connectivity index (χ4n) is 4.44. The van der Waals surface area contributed by atoms with Gasteiger partial charge in [0, 0.05) is 24.0 Å². The molecule has 0 bridgehead atoms. The third kappa shape index (κ3) is 15.1. The lowest BCUT2D eigenvalue weighted by atomic mass is 9.99. The van der Waals surface area contributed by atoms with Gasteiger partial charge in [-0.25, -0.2) is 9.59 Å². The molecule has 0 aromatic heterocycles. The molecule has 2 saturated carbocycles. The summed E-state index contributed by atoms with van der Waals surface area (Å²) in [7, 11) is 0. The van der Waals surface area contributed by atoms with E-state index in [4.69, 9.17) is 9.47 Å². The number of nitrogens with one attached hydrogen (secondary N) is 2. The molecule has 0 aromatic rings. The Labute approximate surface area is 215 Å². The van der Waals surface area contributed by atoms with Crippen molar-refractivity contribution in [2.75, 3.05) is 11.9 Å². The van der Waals surface area contributed by atoms with Gasteiger partial charge < -0.3 is 25.2 Å². The second-order valence-electron chi connectivity index (χ2n) is 11.8. The van der Waals surface area contributed by atoms with E-state index >= 15 is 0 Å². The van der Waals surface area contributed by atoms with Crippen molar-refractivity contribution >= 4 is 28.1 Å². The van der Waals surface area contributed by atoms with Gasteiger partial charge in [0.1, 0.15) is 11.2 Å². The highest BCUT2D eigenvalue weighted by atomic mass is 79.9. The van der Waals surface area contributed by atoms with Crippen LogP contribution in [0.1, 0.15) is 106 Å². The van der Waals surface area contributed by atoms with Crippen molar-refractivity contribution in [3.63, 3.8) is 0 Å². The second-order valence-corrected chi connectivity index (χ2v) is 12.4. The van der Waals surface area contributed by atoms with Gasteiger partial charge in [-0.2, -0.15) is 0 Å². The summed E-state index contributed by atoms with van der Waals surface area (Å²) in [6.45, 7) is 11.5. The SMILES string of the molecule is CC(C)(C)OC(=O)NC1CCCCC(CBr)C1.CC(C)(C)OC(=O)NC1CCCCC(CO)C1. The van der Waals surface area contributed by atoms with Gasteiger partial charge in [-0.1, -0.05) is 41.6 Å². The number of alkyl carbamates (subject to hydrolysis) is 2. The van der Waals surface area contributed by atoms with Crippen LogP contribution in [-0.4, -0.2) is 52.5 Å². The Morgan fingerprint density at radius 2 is 1.15 bits per heavy atom. The number of carbonyl (C=O) groups is 2. The van der Waals surface area contributed by atoms with E-state index in [1.165, 1.54) is 19.3 Å². The van der Waals surface area contributed by atoms with Crippen molar-refractivity contribution in [2.24, 2.45) is 11.8 Å². The van der Waals surface area contributed by atoms with Gasteiger partial charge in [0.15, 0.2) is 0 Å². The highest BCUT2D eigenvalue weighted by Gasteiger charge is 2.25. The van der Waals surface area contributed by atoms with Gasteiger partial charge >= 0.3 is 12.2 Å². The molecule has 34 heavy (non-hydrogen) atoms. The first-order valence-corrected chi connectivity index (χ1v) is 14.1. The third-order valence-electron chi connectivity index (χ3n) is 5.98. The van der Waals surface area contributed by atoms with Crippen LogP contribution in [0.4, 0.5) is 9.59 Å². The molecule has 0 aliphatic heterocycles. The molecule has 0 spiro atoms. The fraction of sp³-hybridized carbons (Fsp3) is 0.923. The first-order valence-electron chi connectivity index (χ1n) is 13.0. The quantitative estimate of drug-likeness (QED) is 0.282. The Hall–Kier alpha value is -1.02. The normalized spacial score (nSPS) is 26.1. The molecule has 2 aliphatic rings. The monoisotopic (exact) mass is 548 g/mol. The van der Waals surface area contributed by atoms with Gasteiger partial charge in [0.25, 0.3) is 0 Å². The minimum absolute atomic E-state index is 0.143. The standard InChI is InChI=1S/C13H24BrNO2.C13H25NO3/c1-13(2,3)17-12(16)15-11-7-5-4-6-10(8-11)9-14;1-13(2,3)17-12(16)14-11-7-5-4-6-10(8-11)9-15/h10-11H,4-9H2,1-3H3,(H,15,16);10-11,15H,4-9H2,1-3H3,(H,14,16). The van der Waals surface area contributed by atoms with Crippen LogP contribution in [0.3, 0.4) is 0 Å². The van der Waals surface area contributed by atoms with Crippen molar-refractivity contribution in [2.45, 2.75) is 129 Å². The molecule has 0 aromatic carbocycles. The van der Waals surface area contributed by atoms with E-state index in [1.807, 2.05) is 41.5 Å². The zero-order chi connectivity index (χ0) is 25.8. The van der Waals surface area contributed by atoms with E-state index in [0.717, 1.165) is 50.3 Å². The Morgan fingerprint density at radius 3 is 1.53 bits per heavy atom. The van der Waals surface area contributed by atoms with Crippen LogP contribution in [-0.2, 0) is 9.47 Å². The highest BCUT2D eigenvalue weighted by Crippen LogP contribution is 2.25. The van der Waals surface area contributed by atoms with Crippen LogP contribution in [0.2, 0.25) is 0 Å². The van der Waals surface area contributed by atoms with E-state index in [2.05, 4.69) is 26.6 Å². The number of amides is 2. The number of ether oxygens (including phenoxy) is 2. The maximum absolute atomic E-state index is 11.7. The lowest BCUT2D eigenvalue weighted by Gasteiger charge is -2.24. The van der Waals surface area contributed by atoms with Crippen LogP contribution >= 0.6 is 15.9 Å². The number of aliphatic hydroxyl groups excluding tert-OH is 1. The number of halogens is 1. The number of hydrogen-bond acceptors (Lipinski definition) is 5. The zero-order valence-corrected chi connectivity index (χ0v) is 23.8. The largest absolute Gasteiger partial charge is 0.444 e. The lowest BCUT2D eigenvalue weighted by Crippen LogP contribution is -2.39. The topological polar surface area (TPSA) is 96.9 Å². The summed E-state index contributed by atoms with van der Waals surface area (Å²) in [5.74, 6) is 0.995. The number of rotatable bonds is 4. The minimum Gasteiger partial charge on any atom is -0.444 e. The molecule has 4 unspecified atom stereocenters. The molecule has 0 heterocycles. The van der Waals surface area contributed by atoms with E-state index in [9.17, 15) is 14.7 Å². The van der Waals surface area contributed by atoms with Crippen LogP contribution < -0.4 is 10.6 Å². The Morgan fingerprint density at radius 1 is 0.765 bits per heavy atom. The summed E-state index contributed by atoms with van der Waals surface area (Å²) >= 11 is 3.54. The summed E-state index contributed by atoms with van der Waals surface area (Å²) in [6, 6.07) is 0.416. The van der Waals surface area contributed by atoms with Crippen molar-refractivity contribution in [1.29, 1.82) is 0 Å². The number of hydrogen-bond donors (Lipinski definition) is 3. The molecule has 0 saturated heterocycles. The molecule has 7 nitrogen and oxygen atoms in total. The summed E-state index contributed by atoms with van der Waals surface area (Å²) in [6.07, 6.45) is 10.4. The van der Waals surface area contributed by atoms with E-state index in [0.29, 0.717) is 11.8 Å². The fourth-order valence-corrected chi connectivity index (χ4v) is 5.03. The van der Waals surface area contributed by atoms with Crippen molar-refractivity contribution in [1.82, 2.24) is 10.6 Å². The smallest absolute Gasteiger partial charge is 0.407 e. The molecule has 200 valence electrons. The Balaban J connectivity index is 0.000000340. The molecule has 2 amide bonds. The second kappa shape index (κ2) is 15.2. The maximum Gasteiger partial charge on any atom is 0.407 e. The lowest BCUT2D eigenvalue weighted by molar-refractivity contribution is 0.0483. The Bertz CT molecular complexity index is 551. The number of carbonyl (C=O) groups excluding carboxylic acids is 2. The first-order chi connectivity index (χ1) is 15.8. The van der Waals surface area contributed by atoms with Crippen LogP contribution in [0.5, 0.6) is 0 Å². The summed E-state index contributed by atoms with van der Waals surface area (Å²) < 4.78 is 10.5. The average molecular weight is 550 g/mol. The van der Waals surface area contributed by atoms with Gasteiger partial charge in [0.05, 0.1) is 0 Å². The Kier molecular flexibility index (Phi) is 13.8. The highest BCUT2D eigenvalue weighted by molar-refractivity contribution is 9.09. The van der Waals surface area contributed by atoms with E-state index < -0.39 is 11.2 Å². The van der Waals surface area contributed by atoms with Gasteiger partial charge in [-0.3, -0.25) is 0 Å². The summed E-state index contributed by atoms with van der Waals surface area (Å²) in [5.41, 5.74) is -0.866. The van der Waals surface area contributed by atoms with Crippen molar-refractivity contribution in [3.8, 4) is 0 Å². The van der Waals surface area contributed by atoms with E-state index in [1.54, 1.807) is 0 Å². The predicted molar refractivity (Wildman–Crippen MR) is 140 cm³/mol. The zero-order valence-electron chi connectivity index (χ0n) is 22.3. The third-order valence-corrected chi connectivity index (χ3v) is 6.90. The molecular weight excluding hydrogens is 500 g/mol. The molecule has 2 fully saturated rings. The molecule has 2 aliphatic carbocycles. The molecule has 3 N–H and O–H groups in total. The van der Waals surface area contributed by atoms with Crippen molar-refractivity contribution in [3.05, 3.63) is 0 Å². The minimum atomic E-state index is -0.453. The molecule has 4 atom stereocenters. The van der Waals surface area contributed by atoms with Crippen LogP contribution in [0, 0.1) is 11.8 Å². The summed E-state index contributed by atoms with van der Waals surface area (Å²) in [5, 5.41) is 16.1. The van der Waals surface area contributed by atoms with Gasteiger partial charge in [0.2, 0.25) is 0 Å². The summed E-state index contributed by atoms with van der Waals surface area (Å²) in [4.78, 5) is 23.3. The molecule has 2 rings (SSSR count). The molecule has 8 heteroatoms. The van der Waals surface area contributed by atoms with Crippen LogP contribution in [0.25, 0.3) is 0 Å². The molecule has 0 radical (unpaired) electrons. The molecular formula is C26H49BrN2O5. The predicted octanol–water partition coefficient (Wildman–Crippen LogP) is 6.31.